The summed E-state index contributed by atoms with van der Waals surface area (Å²) in [7, 11) is -2.44. The first-order valence-electron chi connectivity index (χ1n) is 6.13. The molecule has 18 heavy (non-hydrogen) atoms. The van der Waals surface area contributed by atoms with Crippen LogP contribution in [-0.4, -0.2) is 12.3 Å². The van der Waals surface area contributed by atoms with Gasteiger partial charge in [0.1, 0.15) is 0 Å². The molecule has 3 heteroatoms. The maximum Gasteiger partial charge on any atom is 0.0896 e. The number of hydrogen-bond acceptors (Lipinski definition) is 1. The fourth-order valence-corrected chi connectivity index (χ4v) is 6.50. The van der Waals surface area contributed by atoms with Crippen molar-refractivity contribution in [2.24, 2.45) is 0 Å². The molecule has 0 N–H and O–H groups in total. The van der Waals surface area contributed by atoms with Gasteiger partial charge in [-0.15, -0.1) is 0 Å². The van der Waals surface area contributed by atoms with Gasteiger partial charge in [0.15, 0.2) is 0 Å². The summed E-state index contributed by atoms with van der Waals surface area (Å²) in [5.74, 6) is 0. The minimum atomic E-state index is -1.50. The summed E-state index contributed by atoms with van der Waals surface area (Å²) >= 11 is 0. The standard InChI is InChI=1S/C15H16OSSi/c1-18(2,3)15-10-13-8-11-6-4-5-7-12(11)9-14(13)17(15)16/h4-10H,1-3H3. The molecule has 1 aliphatic heterocycles. The minimum Gasteiger partial charge on any atom is -0.250 e. The van der Waals surface area contributed by atoms with Crippen LogP contribution >= 0.6 is 0 Å². The van der Waals surface area contributed by atoms with E-state index in [2.05, 4.69) is 50.0 Å². The first-order chi connectivity index (χ1) is 8.47. The average molecular weight is 272 g/mol. The molecule has 0 aromatic heterocycles. The zero-order chi connectivity index (χ0) is 12.9. The molecule has 2 aromatic carbocycles. The second-order valence-corrected chi connectivity index (χ2v) is 12.6. The Morgan fingerprint density at radius 1 is 1.00 bits per heavy atom. The van der Waals surface area contributed by atoms with Crippen LogP contribution in [0.15, 0.2) is 45.8 Å². The molecule has 0 saturated carbocycles. The van der Waals surface area contributed by atoms with Crippen LogP contribution in [0, 0.1) is 0 Å². The van der Waals surface area contributed by atoms with Crippen LogP contribution in [0.25, 0.3) is 16.8 Å². The molecule has 92 valence electrons. The highest BCUT2D eigenvalue weighted by Gasteiger charge is 2.31. The van der Waals surface area contributed by atoms with Crippen molar-refractivity contribution >= 4 is 35.7 Å². The molecule has 1 aliphatic rings. The van der Waals surface area contributed by atoms with E-state index in [1.807, 2.05) is 12.1 Å². The van der Waals surface area contributed by atoms with Crippen LogP contribution in [0.5, 0.6) is 0 Å². The Labute approximate surface area is 111 Å². The maximum absolute atomic E-state index is 12.6. The lowest BCUT2D eigenvalue weighted by atomic mass is 10.1. The van der Waals surface area contributed by atoms with Gasteiger partial charge in [-0.1, -0.05) is 43.9 Å². The Balaban J connectivity index is 2.23. The van der Waals surface area contributed by atoms with E-state index in [1.54, 1.807) is 0 Å². The van der Waals surface area contributed by atoms with Gasteiger partial charge in [-0.3, -0.25) is 0 Å². The summed E-state index contributed by atoms with van der Waals surface area (Å²) in [6.07, 6.45) is 2.16. The van der Waals surface area contributed by atoms with Gasteiger partial charge in [-0.25, -0.2) is 4.21 Å². The van der Waals surface area contributed by atoms with Crippen molar-refractivity contribution in [2.75, 3.05) is 0 Å². The Hall–Kier alpha value is -1.19. The van der Waals surface area contributed by atoms with E-state index in [0.717, 1.165) is 15.0 Å². The highest BCUT2D eigenvalue weighted by molar-refractivity contribution is 7.92. The molecule has 0 saturated heterocycles. The Morgan fingerprint density at radius 3 is 2.22 bits per heavy atom. The summed E-state index contributed by atoms with van der Waals surface area (Å²) < 4.78 is 13.7. The van der Waals surface area contributed by atoms with E-state index < -0.39 is 18.9 Å². The quantitative estimate of drug-likeness (QED) is 0.712. The first-order valence-corrected chi connectivity index (χ1v) is 10.8. The van der Waals surface area contributed by atoms with Crippen LogP contribution in [0.3, 0.4) is 0 Å². The predicted molar refractivity (Wildman–Crippen MR) is 81.7 cm³/mol. The zero-order valence-electron chi connectivity index (χ0n) is 10.9. The van der Waals surface area contributed by atoms with Crippen molar-refractivity contribution in [3.63, 3.8) is 0 Å². The molecule has 1 heterocycles. The number of hydrogen-bond donors (Lipinski definition) is 0. The van der Waals surface area contributed by atoms with E-state index in [4.69, 9.17) is 0 Å². The fraction of sp³-hybridized carbons (Fsp3) is 0.200. The lowest BCUT2D eigenvalue weighted by Crippen LogP contribution is -2.25. The summed E-state index contributed by atoms with van der Waals surface area (Å²) in [6, 6.07) is 12.5. The molecule has 0 fully saturated rings. The summed E-state index contributed by atoms with van der Waals surface area (Å²) in [4.78, 5) is 0.992. The minimum absolute atomic E-state index is 0.938. The van der Waals surface area contributed by atoms with Crippen molar-refractivity contribution < 1.29 is 4.21 Å². The van der Waals surface area contributed by atoms with E-state index in [-0.39, 0.29) is 0 Å². The van der Waals surface area contributed by atoms with Gasteiger partial charge in [0, 0.05) is 4.53 Å². The third-order valence-electron chi connectivity index (χ3n) is 3.30. The second-order valence-electron chi connectivity index (χ2n) is 5.76. The molecule has 2 aromatic rings. The van der Waals surface area contributed by atoms with Crippen LogP contribution in [0.1, 0.15) is 5.56 Å². The van der Waals surface area contributed by atoms with E-state index in [0.29, 0.717) is 0 Å². The molecule has 1 atom stereocenters. The van der Waals surface area contributed by atoms with Gasteiger partial charge < -0.3 is 0 Å². The molecule has 0 amide bonds. The van der Waals surface area contributed by atoms with Crippen molar-refractivity contribution in [3.8, 4) is 0 Å². The summed E-state index contributed by atoms with van der Waals surface area (Å²) in [6.45, 7) is 6.76. The van der Waals surface area contributed by atoms with E-state index in [1.165, 1.54) is 10.8 Å². The molecule has 0 aliphatic carbocycles. The van der Waals surface area contributed by atoms with Gasteiger partial charge in [-0.05, 0) is 34.5 Å². The van der Waals surface area contributed by atoms with Crippen molar-refractivity contribution in [1.29, 1.82) is 0 Å². The van der Waals surface area contributed by atoms with Gasteiger partial charge in [0.25, 0.3) is 0 Å². The molecular formula is C15H16OSSi. The highest BCUT2D eigenvalue weighted by Crippen LogP contribution is 2.36. The van der Waals surface area contributed by atoms with Crippen molar-refractivity contribution in [1.82, 2.24) is 0 Å². The van der Waals surface area contributed by atoms with E-state index >= 15 is 0 Å². The van der Waals surface area contributed by atoms with Gasteiger partial charge in [0.2, 0.25) is 0 Å². The topological polar surface area (TPSA) is 17.1 Å². The molecule has 1 unspecified atom stereocenters. The molecule has 0 spiro atoms. The summed E-state index contributed by atoms with van der Waals surface area (Å²) in [5.41, 5.74) is 1.14. The Kier molecular flexibility index (Phi) is 2.57. The van der Waals surface area contributed by atoms with Crippen LogP contribution < -0.4 is 0 Å². The fourth-order valence-electron chi connectivity index (χ4n) is 2.32. The third kappa shape index (κ3) is 1.78. The normalized spacial score (nSPS) is 18.8. The van der Waals surface area contributed by atoms with Gasteiger partial charge in [-0.2, -0.15) is 0 Å². The largest absolute Gasteiger partial charge is 0.250 e. The molecule has 0 bridgehead atoms. The smallest absolute Gasteiger partial charge is 0.0896 e. The molecule has 1 nitrogen and oxygen atoms in total. The molecular weight excluding hydrogens is 256 g/mol. The maximum atomic E-state index is 12.6. The van der Waals surface area contributed by atoms with Crippen molar-refractivity contribution in [2.45, 2.75) is 24.5 Å². The Bertz CT molecular complexity index is 695. The van der Waals surface area contributed by atoms with Gasteiger partial charge >= 0.3 is 0 Å². The number of fused-ring (bicyclic) bond motifs is 2. The molecule has 0 radical (unpaired) electrons. The Morgan fingerprint density at radius 2 is 1.61 bits per heavy atom. The third-order valence-corrected chi connectivity index (χ3v) is 8.59. The number of rotatable bonds is 1. The number of benzene rings is 2. The second kappa shape index (κ2) is 3.90. The summed E-state index contributed by atoms with van der Waals surface area (Å²) in [5, 5.41) is 2.40. The van der Waals surface area contributed by atoms with Crippen LogP contribution in [0.2, 0.25) is 19.6 Å². The lowest BCUT2D eigenvalue weighted by Gasteiger charge is -2.16. The first kappa shape index (κ1) is 11.9. The van der Waals surface area contributed by atoms with Gasteiger partial charge in [0.05, 0.1) is 23.8 Å². The average Bonchev–Trinajstić information content (AvgIpc) is 2.64. The molecule has 3 rings (SSSR count). The van der Waals surface area contributed by atoms with Crippen LogP contribution in [-0.2, 0) is 10.8 Å². The SMILES string of the molecule is C[Si](C)(C)C1=Cc2cc3ccccc3cc2S1=O. The predicted octanol–water partition coefficient (Wildman–Crippen LogP) is 4.18. The highest BCUT2D eigenvalue weighted by atomic mass is 32.2. The lowest BCUT2D eigenvalue weighted by molar-refractivity contribution is 0.688. The zero-order valence-corrected chi connectivity index (χ0v) is 12.7. The van der Waals surface area contributed by atoms with E-state index in [9.17, 15) is 4.21 Å². The van der Waals surface area contributed by atoms with Crippen molar-refractivity contribution in [3.05, 3.63) is 46.5 Å². The monoisotopic (exact) mass is 272 g/mol. The van der Waals surface area contributed by atoms with Crippen LogP contribution in [0.4, 0.5) is 0 Å².